The molecular formula is C15H28N2O2. The van der Waals surface area contributed by atoms with Gasteiger partial charge < -0.3 is 15.7 Å². The molecule has 0 aromatic heterocycles. The van der Waals surface area contributed by atoms with E-state index in [1.165, 1.54) is 6.42 Å². The van der Waals surface area contributed by atoms with Gasteiger partial charge in [-0.2, -0.15) is 0 Å². The van der Waals surface area contributed by atoms with Gasteiger partial charge in [-0.1, -0.05) is 6.92 Å². The van der Waals surface area contributed by atoms with Gasteiger partial charge in [0.25, 0.3) is 0 Å². The molecule has 4 heteroatoms. The lowest BCUT2D eigenvalue weighted by Crippen LogP contribution is -2.50. The molecule has 2 fully saturated rings. The average molecular weight is 268 g/mol. The van der Waals surface area contributed by atoms with Crippen LogP contribution in [0.5, 0.6) is 0 Å². The van der Waals surface area contributed by atoms with Gasteiger partial charge in [0.15, 0.2) is 0 Å². The zero-order chi connectivity index (χ0) is 13.8. The van der Waals surface area contributed by atoms with Crippen molar-refractivity contribution >= 4 is 5.91 Å². The molecule has 0 heterocycles. The highest BCUT2D eigenvalue weighted by Crippen LogP contribution is 2.33. The summed E-state index contributed by atoms with van der Waals surface area (Å²) in [5.41, 5.74) is 6.04. The molecule has 1 amide bonds. The van der Waals surface area contributed by atoms with Crippen LogP contribution in [0.2, 0.25) is 0 Å². The minimum absolute atomic E-state index is 0.100. The number of amides is 1. The number of carbonyl (C=O) groups excluding carboxylic acids is 1. The first-order valence-electron chi connectivity index (χ1n) is 7.80. The molecule has 4 nitrogen and oxygen atoms in total. The number of rotatable bonds is 5. The molecule has 0 bridgehead atoms. The van der Waals surface area contributed by atoms with E-state index in [1.54, 1.807) is 0 Å². The minimum Gasteiger partial charge on any atom is -0.396 e. The van der Waals surface area contributed by atoms with Crippen molar-refractivity contribution in [2.45, 2.75) is 64.0 Å². The summed E-state index contributed by atoms with van der Waals surface area (Å²) in [5, 5.41) is 9.02. The van der Waals surface area contributed by atoms with Gasteiger partial charge in [-0.05, 0) is 50.9 Å². The van der Waals surface area contributed by atoms with Gasteiger partial charge in [-0.15, -0.1) is 0 Å². The fourth-order valence-electron chi connectivity index (χ4n) is 3.32. The van der Waals surface area contributed by atoms with Crippen molar-refractivity contribution in [2.24, 2.45) is 17.6 Å². The molecule has 0 radical (unpaired) electrons. The fraction of sp³-hybridized carbons (Fsp3) is 0.933. The van der Waals surface area contributed by atoms with E-state index in [2.05, 4.69) is 6.92 Å². The van der Waals surface area contributed by atoms with E-state index >= 15 is 0 Å². The second kappa shape index (κ2) is 6.71. The maximum atomic E-state index is 12.8. The summed E-state index contributed by atoms with van der Waals surface area (Å²) >= 11 is 0. The van der Waals surface area contributed by atoms with Gasteiger partial charge in [0.1, 0.15) is 0 Å². The van der Waals surface area contributed by atoms with Gasteiger partial charge >= 0.3 is 0 Å². The highest BCUT2D eigenvalue weighted by molar-refractivity contribution is 5.79. The zero-order valence-corrected chi connectivity index (χ0v) is 12.1. The van der Waals surface area contributed by atoms with E-state index in [9.17, 15) is 4.79 Å². The van der Waals surface area contributed by atoms with Crippen LogP contribution in [0.1, 0.15) is 51.9 Å². The second-order valence-corrected chi connectivity index (χ2v) is 6.35. The Morgan fingerprint density at radius 1 is 1.32 bits per heavy atom. The third-order valence-electron chi connectivity index (χ3n) is 4.91. The SMILES string of the molecule is CC1CCC(N)CC1C(=O)N(CCCO)C1CCC1. The lowest BCUT2D eigenvalue weighted by Gasteiger charge is -2.42. The highest BCUT2D eigenvalue weighted by atomic mass is 16.3. The summed E-state index contributed by atoms with van der Waals surface area (Å²) in [5.74, 6) is 0.841. The summed E-state index contributed by atoms with van der Waals surface area (Å²) in [6, 6.07) is 0.607. The normalized spacial score (nSPS) is 31.8. The van der Waals surface area contributed by atoms with Crippen molar-refractivity contribution in [3.05, 3.63) is 0 Å². The summed E-state index contributed by atoms with van der Waals surface area (Å²) in [4.78, 5) is 14.8. The largest absolute Gasteiger partial charge is 0.396 e. The topological polar surface area (TPSA) is 66.6 Å². The lowest BCUT2D eigenvalue weighted by atomic mass is 9.76. The maximum Gasteiger partial charge on any atom is 0.226 e. The Morgan fingerprint density at radius 2 is 2.05 bits per heavy atom. The zero-order valence-electron chi connectivity index (χ0n) is 12.1. The molecule has 0 aliphatic heterocycles. The molecule has 2 aliphatic carbocycles. The summed E-state index contributed by atoms with van der Waals surface area (Å²) in [6.45, 7) is 3.05. The van der Waals surface area contributed by atoms with Gasteiger partial charge in [0.05, 0.1) is 0 Å². The Morgan fingerprint density at radius 3 is 2.63 bits per heavy atom. The van der Waals surface area contributed by atoms with Crippen molar-refractivity contribution in [3.63, 3.8) is 0 Å². The van der Waals surface area contributed by atoms with Gasteiger partial charge in [0.2, 0.25) is 5.91 Å². The van der Waals surface area contributed by atoms with Crippen LogP contribution in [-0.4, -0.2) is 41.1 Å². The van der Waals surface area contributed by atoms with Gasteiger partial charge in [-0.25, -0.2) is 0 Å². The van der Waals surface area contributed by atoms with Crippen molar-refractivity contribution in [3.8, 4) is 0 Å². The van der Waals surface area contributed by atoms with Crippen molar-refractivity contribution in [1.29, 1.82) is 0 Å². The number of aliphatic hydroxyl groups is 1. The van der Waals surface area contributed by atoms with Crippen LogP contribution in [0.4, 0.5) is 0 Å². The molecule has 0 spiro atoms. The first-order chi connectivity index (χ1) is 9.13. The molecule has 110 valence electrons. The van der Waals surface area contributed by atoms with E-state index in [-0.39, 0.29) is 18.6 Å². The molecule has 0 saturated heterocycles. The van der Waals surface area contributed by atoms with Crippen molar-refractivity contribution in [1.82, 2.24) is 4.90 Å². The molecule has 2 rings (SSSR count). The number of nitrogens with zero attached hydrogens (tertiary/aromatic N) is 1. The smallest absolute Gasteiger partial charge is 0.226 e. The number of carbonyl (C=O) groups is 1. The molecule has 0 aromatic carbocycles. The van der Waals surface area contributed by atoms with Crippen LogP contribution in [0.25, 0.3) is 0 Å². The first-order valence-corrected chi connectivity index (χ1v) is 7.80. The number of hydrogen-bond donors (Lipinski definition) is 2. The van der Waals surface area contributed by atoms with E-state index in [4.69, 9.17) is 10.8 Å². The van der Waals surface area contributed by atoms with Crippen LogP contribution in [0.3, 0.4) is 0 Å². The Bertz CT molecular complexity index is 305. The molecule has 3 N–H and O–H groups in total. The summed E-state index contributed by atoms with van der Waals surface area (Å²) in [6.07, 6.45) is 7.13. The Kier molecular flexibility index (Phi) is 5.22. The van der Waals surface area contributed by atoms with Gasteiger partial charge in [-0.3, -0.25) is 4.79 Å². The maximum absolute atomic E-state index is 12.8. The standard InChI is InChI=1S/C15H28N2O2/c1-11-6-7-12(16)10-14(11)15(19)17(8-3-9-18)13-4-2-5-13/h11-14,18H,2-10,16H2,1H3. The minimum atomic E-state index is 0.100. The van der Waals surface area contributed by atoms with Crippen LogP contribution in [0.15, 0.2) is 0 Å². The predicted octanol–water partition coefficient (Wildman–Crippen LogP) is 1.51. The molecule has 3 unspecified atom stereocenters. The third-order valence-corrected chi connectivity index (χ3v) is 4.91. The Balaban J connectivity index is 2.00. The fourth-order valence-corrected chi connectivity index (χ4v) is 3.32. The van der Waals surface area contributed by atoms with Crippen LogP contribution < -0.4 is 5.73 Å². The Hall–Kier alpha value is -0.610. The molecule has 3 atom stereocenters. The third kappa shape index (κ3) is 3.48. The van der Waals surface area contributed by atoms with E-state index < -0.39 is 0 Å². The van der Waals surface area contributed by atoms with E-state index in [0.29, 0.717) is 30.8 Å². The monoisotopic (exact) mass is 268 g/mol. The summed E-state index contributed by atoms with van der Waals surface area (Å²) in [7, 11) is 0. The molecular weight excluding hydrogens is 240 g/mol. The predicted molar refractivity (Wildman–Crippen MR) is 75.5 cm³/mol. The number of hydrogen-bond acceptors (Lipinski definition) is 3. The van der Waals surface area contributed by atoms with Crippen molar-refractivity contribution < 1.29 is 9.90 Å². The second-order valence-electron chi connectivity index (χ2n) is 6.35. The van der Waals surface area contributed by atoms with E-state index in [0.717, 1.165) is 32.1 Å². The van der Waals surface area contributed by atoms with Gasteiger partial charge in [0, 0.05) is 31.2 Å². The van der Waals surface area contributed by atoms with E-state index in [1.807, 2.05) is 4.90 Å². The van der Waals surface area contributed by atoms with Crippen LogP contribution >= 0.6 is 0 Å². The molecule has 2 aliphatic rings. The average Bonchev–Trinajstić information content (AvgIpc) is 2.34. The quantitative estimate of drug-likeness (QED) is 0.794. The number of aliphatic hydroxyl groups excluding tert-OH is 1. The number of nitrogens with two attached hydrogens (primary N) is 1. The van der Waals surface area contributed by atoms with Crippen molar-refractivity contribution in [2.75, 3.05) is 13.2 Å². The molecule has 19 heavy (non-hydrogen) atoms. The first kappa shape index (κ1) is 14.8. The van der Waals surface area contributed by atoms with Crippen LogP contribution in [-0.2, 0) is 4.79 Å². The lowest BCUT2D eigenvalue weighted by molar-refractivity contribution is -0.143. The highest BCUT2D eigenvalue weighted by Gasteiger charge is 2.37. The Labute approximate surface area is 116 Å². The van der Waals surface area contributed by atoms with Crippen LogP contribution in [0, 0.1) is 11.8 Å². The molecule has 0 aromatic rings. The summed E-state index contributed by atoms with van der Waals surface area (Å²) < 4.78 is 0. The molecule has 2 saturated carbocycles.